The number of amides is 2. The molecule has 28 heavy (non-hydrogen) atoms. The fourth-order valence-corrected chi connectivity index (χ4v) is 4.28. The van der Waals surface area contributed by atoms with Crippen LogP contribution in [0.3, 0.4) is 0 Å². The maximum absolute atomic E-state index is 12.7. The predicted octanol–water partition coefficient (Wildman–Crippen LogP) is 0.846. The minimum atomic E-state index is -0.385. The third-order valence-corrected chi connectivity index (χ3v) is 5.71. The highest BCUT2D eigenvalue weighted by Gasteiger charge is 2.43. The van der Waals surface area contributed by atoms with Gasteiger partial charge in [0.05, 0.1) is 24.1 Å². The lowest BCUT2D eigenvalue weighted by Crippen LogP contribution is -2.55. The summed E-state index contributed by atoms with van der Waals surface area (Å²) < 4.78 is 0. The number of H-pyrrole nitrogens is 2. The van der Waals surface area contributed by atoms with Crippen LogP contribution in [0, 0.1) is 12.3 Å². The molecule has 0 saturated carbocycles. The van der Waals surface area contributed by atoms with E-state index >= 15 is 0 Å². The molecular formula is C19H24N6O3. The molecular weight excluding hydrogens is 360 g/mol. The van der Waals surface area contributed by atoms with Crippen molar-refractivity contribution in [2.45, 2.75) is 39.2 Å². The number of carbonyl (C=O) groups is 2. The minimum Gasteiger partial charge on any atom is -0.337 e. The Kier molecular flexibility index (Phi) is 4.74. The smallest absolute Gasteiger partial charge is 0.323 e. The molecule has 4 heterocycles. The van der Waals surface area contributed by atoms with Crippen molar-refractivity contribution in [3.8, 4) is 0 Å². The third kappa shape index (κ3) is 3.69. The Morgan fingerprint density at radius 2 is 2.07 bits per heavy atom. The molecule has 0 unspecified atom stereocenters. The standard InChI is InChI=1S/C19H24N6O3/c1-13-7-21-14(8-20-13)10-25-12-19(5-3-16(25)26)4-2-6-24(11-19)17(27)15-9-22-18(28)23-15/h7-9H,2-6,10-12H2,1H3,(H2,22,23,28)/t19-/m1/s1. The summed E-state index contributed by atoms with van der Waals surface area (Å²) in [6.45, 7) is 4.17. The summed E-state index contributed by atoms with van der Waals surface area (Å²) in [5.41, 5.74) is 1.39. The summed E-state index contributed by atoms with van der Waals surface area (Å²) in [6, 6.07) is 0. The van der Waals surface area contributed by atoms with Gasteiger partial charge < -0.3 is 19.8 Å². The molecule has 2 N–H and O–H groups in total. The highest BCUT2D eigenvalue weighted by Crippen LogP contribution is 2.39. The van der Waals surface area contributed by atoms with Gasteiger partial charge in [-0.25, -0.2) is 4.79 Å². The number of imidazole rings is 1. The normalized spacial score (nSPS) is 22.7. The Bertz CT molecular complexity index is 934. The third-order valence-electron chi connectivity index (χ3n) is 5.71. The number of likely N-dealkylation sites (tertiary alicyclic amines) is 2. The Hall–Kier alpha value is -2.97. The molecule has 9 nitrogen and oxygen atoms in total. The second-order valence-electron chi connectivity index (χ2n) is 7.89. The molecule has 0 aliphatic carbocycles. The summed E-state index contributed by atoms with van der Waals surface area (Å²) in [7, 11) is 0. The van der Waals surface area contributed by atoms with Gasteiger partial charge in [-0.2, -0.15) is 0 Å². The molecule has 1 atom stereocenters. The van der Waals surface area contributed by atoms with E-state index in [4.69, 9.17) is 0 Å². The van der Waals surface area contributed by atoms with E-state index in [1.54, 1.807) is 17.3 Å². The number of carbonyl (C=O) groups excluding carboxylic acids is 2. The van der Waals surface area contributed by atoms with Gasteiger partial charge in [0, 0.05) is 43.9 Å². The minimum absolute atomic E-state index is 0.115. The van der Waals surface area contributed by atoms with Gasteiger partial charge >= 0.3 is 5.69 Å². The number of nitrogens with one attached hydrogen (secondary N) is 2. The molecule has 2 aliphatic rings. The number of rotatable bonds is 3. The Morgan fingerprint density at radius 3 is 2.79 bits per heavy atom. The summed E-state index contributed by atoms with van der Waals surface area (Å²) in [5.74, 6) is -0.0586. The zero-order valence-electron chi connectivity index (χ0n) is 15.9. The topological polar surface area (TPSA) is 115 Å². The zero-order chi connectivity index (χ0) is 19.7. The molecule has 2 aliphatic heterocycles. The number of hydrogen-bond acceptors (Lipinski definition) is 5. The van der Waals surface area contributed by atoms with Crippen LogP contribution in [0.25, 0.3) is 0 Å². The van der Waals surface area contributed by atoms with Crippen LogP contribution in [-0.2, 0) is 11.3 Å². The van der Waals surface area contributed by atoms with Gasteiger partial charge in [-0.05, 0) is 26.2 Å². The van der Waals surface area contributed by atoms with Crippen molar-refractivity contribution in [2.24, 2.45) is 5.41 Å². The summed E-state index contributed by atoms with van der Waals surface area (Å²) in [4.78, 5) is 53.8. The van der Waals surface area contributed by atoms with Crippen molar-refractivity contribution >= 4 is 11.8 Å². The van der Waals surface area contributed by atoms with Crippen molar-refractivity contribution in [1.82, 2.24) is 29.7 Å². The average Bonchev–Trinajstić information content (AvgIpc) is 3.13. The molecule has 0 radical (unpaired) electrons. The Labute approximate surface area is 162 Å². The van der Waals surface area contributed by atoms with E-state index in [-0.39, 0.29) is 28.6 Å². The first-order valence-corrected chi connectivity index (χ1v) is 9.56. The monoisotopic (exact) mass is 384 g/mol. The lowest BCUT2D eigenvalue weighted by atomic mass is 9.73. The van der Waals surface area contributed by atoms with Crippen molar-refractivity contribution in [2.75, 3.05) is 19.6 Å². The number of aromatic nitrogens is 4. The van der Waals surface area contributed by atoms with Gasteiger partial charge in [0.2, 0.25) is 5.91 Å². The quantitative estimate of drug-likeness (QED) is 0.814. The Balaban J connectivity index is 1.48. The van der Waals surface area contributed by atoms with E-state index in [1.807, 2.05) is 11.8 Å². The van der Waals surface area contributed by atoms with E-state index in [0.717, 1.165) is 30.7 Å². The van der Waals surface area contributed by atoms with Crippen molar-refractivity contribution in [1.29, 1.82) is 0 Å². The highest BCUT2D eigenvalue weighted by molar-refractivity contribution is 5.92. The first-order valence-electron chi connectivity index (χ1n) is 9.56. The van der Waals surface area contributed by atoms with Gasteiger partial charge in [0.1, 0.15) is 5.69 Å². The van der Waals surface area contributed by atoms with E-state index < -0.39 is 0 Å². The van der Waals surface area contributed by atoms with E-state index in [0.29, 0.717) is 32.6 Å². The van der Waals surface area contributed by atoms with Crippen LogP contribution in [0.5, 0.6) is 0 Å². The molecule has 2 saturated heterocycles. The number of hydrogen-bond donors (Lipinski definition) is 2. The van der Waals surface area contributed by atoms with Crippen LogP contribution in [-0.4, -0.2) is 61.2 Å². The van der Waals surface area contributed by atoms with Crippen molar-refractivity contribution in [3.05, 3.63) is 46.2 Å². The first kappa shape index (κ1) is 18.4. The number of piperidine rings is 2. The first-order chi connectivity index (χ1) is 13.4. The van der Waals surface area contributed by atoms with E-state index in [9.17, 15) is 14.4 Å². The van der Waals surface area contributed by atoms with Crippen LogP contribution < -0.4 is 5.69 Å². The second-order valence-corrected chi connectivity index (χ2v) is 7.89. The molecule has 4 rings (SSSR count). The van der Waals surface area contributed by atoms with E-state index in [1.165, 1.54) is 6.20 Å². The number of aromatic amines is 2. The molecule has 9 heteroatoms. The van der Waals surface area contributed by atoms with Gasteiger partial charge in [-0.1, -0.05) is 0 Å². The molecule has 148 valence electrons. The maximum atomic E-state index is 12.7. The second kappa shape index (κ2) is 7.21. The lowest BCUT2D eigenvalue weighted by molar-refractivity contribution is -0.139. The lowest BCUT2D eigenvalue weighted by Gasteiger charge is -2.48. The van der Waals surface area contributed by atoms with Crippen molar-refractivity contribution < 1.29 is 9.59 Å². The molecule has 1 spiro atoms. The molecule has 0 aromatic carbocycles. The summed E-state index contributed by atoms with van der Waals surface area (Å²) in [6.07, 6.45) is 7.94. The number of aryl methyl sites for hydroxylation is 1. The largest absolute Gasteiger partial charge is 0.337 e. The predicted molar refractivity (Wildman–Crippen MR) is 100 cm³/mol. The molecule has 0 bridgehead atoms. The fourth-order valence-electron chi connectivity index (χ4n) is 4.28. The molecule has 2 aromatic rings. The van der Waals surface area contributed by atoms with Crippen LogP contribution in [0.15, 0.2) is 23.4 Å². The van der Waals surface area contributed by atoms with Gasteiger partial charge in [0.15, 0.2) is 0 Å². The van der Waals surface area contributed by atoms with Gasteiger partial charge in [-0.15, -0.1) is 0 Å². The van der Waals surface area contributed by atoms with E-state index in [2.05, 4.69) is 19.9 Å². The average molecular weight is 384 g/mol. The van der Waals surface area contributed by atoms with Crippen LogP contribution in [0.2, 0.25) is 0 Å². The van der Waals surface area contributed by atoms with Crippen molar-refractivity contribution in [3.63, 3.8) is 0 Å². The van der Waals surface area contributed by atoms with Gasteiger partial charge in [-0.3, -0.25) is 19.6 Å². The van der Waals surface area contributed by atoms with Crippen LogP contribution in [0.1, 0.15) is 47.6 Å². The maximum Gasteiger partial charge on any atom is 0.323 e. The Morgan fingerprint density at radius 1 is 1.21 bits per heavy atom. The molecule has 2 amide bonds. The highest BCUT2D eigenvalue weighted by atomic mass is 16.2. The fraction of sp³-hybridized carbons (Fsp3) is 0.526. The summed E-state index contributed by atoms with van der Waals surface area (Å²) in [5, 5.41) is 0. The number of nitrogens with zero attached hydrogens (tertiary/aromatic N) is 4. The SMILES string of the molecule is Cc1cnc(CN2C[C@]3(CCCN(C(=O)c4c[nH]c(=O)[nH]4)C3)CCC2=O)cn1. The van der Waals surface area contributed by atoms with Crippen LogP contribution >= 0.6 is 0 Å². The molecule has 2 fully saturated rings. The molecule has 2 aromatic heterocycles. The van der Waals surface area contributed by atoms with Crippen LogP contribution in [0.4, 0.5) is 0 Å². The van der Waals surface area contributed by atoms with Gasteiger partial charge in [0.25, 0.3) is 5.91 Å². The zero-order valence-corrected chi connectivity index (χ0v) is 15.9. The summed E-state index contributed by atoms with van der Waals surface area (Å²) >= 11 is 0.